The van der Waals surface area contributed by atoms with E-state index in [2.05, 4.69) is 0 Å². The van der Waals surface area contributed by atoms with Crippen molar-refractivity contribution in [3.8, 4) is 34.5 Å². The summed E-state index contributed by atoms with van der Waals surface area (Å²) in [4.78, 5) is 0. The summed E-state index contributed by atoms with van der Waals surface area (Å²) in [5.41, 5.74) is 1.68. The molecule has 0 saturated heterocycles. The van der Waals surface area contributed by atoms with E-state index in [1.54, 1.807) is 42.7 Å². The Balaban J connectivity index is 2.20. The fourth-order valence-electron chi connectivity index (χ4n) is 2.82. The summed E-state index contributed by atoms with van der Waals surface area (Å²) in [5, 5.41) is 0. The molecule has 7 heteroatoms. The molecule has 0 aliphatic rings. The molecule has 0 atom stereocenters. The summed E-state index contributed by atoms with van der Waals surface area (Å²) in [5.74, 6) is 3.42. The SMILES string of the molecule is COc1ccc(COCc2ccc(OC)c(OC)c2OC)c(OC)c1OC. The second-order valence-corrected chi connectivity index (χ2v) is 5.48. The molecule has 2 aromatic rings. The highest BCUT2D eigenvalue weighted by Crippen LogP contribution is 2.41. The third-order valence-electron chi connectivity index (χ3n) is 4.09. The monoisotopic (exact) mass is 378 g/mol. The van der Waals surface area contributed by atoms with Crippen molar-refractivity contribution in [2.45, 2.75) is 13.2 Å². The van der Waals surface area contributed by atoms with Crippen molar-refractivity contribution in [1.82, 2.24) is 0 Å². The first-order valence-corrected chi connectivity index (χ1v) is 8.28. The van der Waals surface area contributed by atoms with Gasteiger partial charge in [-0.1, -0.05) is 0 Å². The maximum Gasteiger partial charge on any atom is 0.203 e. The van der Waals surface area contributed by atoms with E-state index in [-0.39, 0.29) is 0 Å². The van der Waals surface area contributed by atoms with Crippen LogP contribution in [0.1, 0.15) is 11.1 Å². The fourth-order valence-corrected chi connectivity index (χ4v) is 2.82. The number of ether oxygens (including phenoxy) is 7. The Kier molecular flexibility index (Phi) is 7.43. The lowest BCUT2D eigenvalue weighted by atomic mass is 10.1. The minimum atomic E-state index is 0.320. The molecule has 0 aliphatic carbocycles. The number of benzene rings is 2. The van der Waals surface area contributed by atoms with Crippen LogP contribution in [-0.2, 0) is 18.0 Å². The van der Waals surface area contributed by atoms with Gasteiger partial charge in [-0.25, -0.2) is 0 Å². The lowest BCUT2D eigenvalue weighted by molar-refractivity contribution is 0.103. The molecule has 0 aromatic heterocycles. The van der Waals surface area contributed by atoms with Crippen molar-refractivity contribution >= 4 is 0 Å². The van der Waals surface area contributed by atoms with Crippen LogP contribution in [-0.4, -0.2) is 42.7 Å². The first-order chi connectivity index (χ1) is 13.1. The summed E-state index contributed by atoms with van der Waals surface area (Å²) in [6, 6.07) is 7.39. The zero-order valence-corrected chi connectivity index (χ0v) is 16.6. The van der Waals surface area contributed by atoms with E-state index >= 15 is 0 Å². The van der Waals surface area contributed by atoms with Gasteiger partial charge in [-0.2, -0.15) is 0 Å². The smallest absolute Gasteiger partial charge is 0.203 e. The largest absolute Gasteiger partial charge is 0.493 e. The molecule has 0 saturated carbocycles. The molecule has 0 spiro atoms. The molecule has 2 aromatic carbocycles. The number of hydrogen-bond acceptors (Lipinski definition) is 7. The van der Waals surface area contributed by atoms with Crippen molar-refractivity contribution in [2.75, 3.05) is 42.7 Å². The van der Waals surface area contributed by atoms with E-state index in [1.165, 1.54) is 0 Å². The first-order valence-electron chi connectivity index (χ1n) is 8.28. The minimum Gasteiger partial charge on any atom is -0.493 e. The van der Waals surface area contributed by atoms with Gasteiger partial charge >= 0.3 is 0 Å². The Hall–Kier alpha value is -2.80. The van der Waals surface area contributed by atoms with Crippen LogP contribution in [0.2, 0.25) is 0 Å². The highest BCUT2D eigenvalue weighted by atomic mass is 16.5. The van der Waals surface area contributed by atoms with Crippen molar-refractivity contribution in [3.63, 3.8) is 0 Å². The van der Waals surface area contributed by atoms with Gasteiger partial charge in [0.05, 0.1) is 55.9 Å². The van der Waals surface area contributed by atoms with Gasteiger partial charge in [0.1, 0.15) is 0 Å². The van der Waals surface area contributed by atoms with Crippen LogP contribution in [0, 0.1) is 0 Å². The zero-order chi connectivity index (χ0) is 19.8. The first kappa shape index (κ1) is 20.5. The highest BCUT2D eigenvalue weighted by Gasteiger charge is 2.18. The summed E-state index contributed by atoms with van der Waals surface area (Å²) in [6.07, 6.45) is 0. The maximum absolute atomic E-state index is 5.88. The van der Waals surface area contributed by atoms with Crippen LogP contribution in [0.4, 0.5) is 0 Å². The van der Waals surface area contributed by atoms with Gasteiger partial charge in [0.15, 0.2) is 23.0 Å². The Morgan fingerprint density at radius 2 is 0.852 bits per heavy atom. The third kappa shape index (κ3) is 4.31. The molecular formula is C20H26O7. The Labute approximate surface area is 159 Å². The lowest BCUT2D eigenvalue weighted by Crippen LogP contribution is -2.03. The second-order valence-electron chi connectivity index (χ2n) is 5.48. The molecule has 0 amide bonds. The molecule has 0 aliphatic heterocycles. The van der Waals surface area contributed by atoms with Crippen molar-refractivity contribution in [1.29, 1.82) is 0 Å². The van der Waals surface area contributed by atoms with Crippen LogP contribution in [0.15, 0.2) is 24.3 Å². The third-order valence-corrected chi connectivity index (χ3v) is 4.09. The Morgan fingerprint density at radius 3 is 1.15 bits per heavy atom. The molecule has 0 bridgehead atoms. The van der Waals surface area contributed by atoms with Crippen LogP contribution in [0.5, 0.6) is 34.5 Å². The topological polar surface area (TPSA) is 64.6 Å². The summed E-state index contributed by atoms with van der Waals surface area (Å²) in [6.45, 7) is 0.641. The zero-order valence-electron chi connectivity index (χ0n) is 16.6. The van der Waals surface area contributed by atoms with Gasteiger partial charge < -0.3 is 33.2 Å². The van der Waals surface area contributed by atoms with Crippen LogP contribution in [0.3, 0.4) is 0 Å². The average Bonchev–Trinajstić information content (AvgIpc) is 2.72. The molecule has 0 N–H and O–H groups in total. The molecule has 0 radical (unpaired) electrons. The summed E-state index contributed by atoms with van der Waals surface area (Å²) >= 11 is 0. The van der Waals surface area contributed by atoms with E-state index in [0.29, 0.717) is 47.7 Å². The maximum atomic E-state index is 5.88. The van der Waals surface area contributed by atoms with E-state index in [1.807, 2.05) is 24.3 Å². The van der Waals surface area contributed by atoms with Crippen LogP contribution in [0.25, 0.3) is 0 Å². The van der Waals surface area contributed by atoms with E-state index in [4.69, 9.17) is 33.2 Å². The molecule has 0 fully saturated rings. The Morgan fingerprint density at radius 1 is 0.481 bits per heavy atom. The number of hydrogen-bond donors (Lipinski definition) is 0. The van der Waals surface area contributed by atoms with Gasteiger partial charge in [-0.3, -0.25) is 0 Å². The summed E-state index contributed by atoms with van der Waals surface area (Å²) < 4.78 is 38.2. The molecule has 2 rings (SSSR count). The van der Waals surface area contributed by atoms with E-state index < -0.39 is 0 Å². The van der Waals surface area contributed by atoms with Gasteiger partial charge in [0.2, 0.25) is 11.5 Å². The van der Waals surface area contributed by atoms with Crippen molar-refractivity contribution in [2.24, 2.45) is 0 Å². The molecule has 7 nitrogen and oxygen atoms in total. The standard InChI is InChI=1S/C20H26O7/c1-21-15-9-7-13(17(23-3)19(15)25-5)11-27-12-14-8-10-16(22-2)20(26-6)18(14)24-4/h7-10H,11-12H2,1-6H3. The number of rotatable bonds is 10. The molecule has 0 heterocycles. The van der Waals surface area contributed by atoms with E-state index in [9.17, 15) is 0 Å². The van der Waals surface area contributed by atoms with Crippen molar-refractivity contribution < 1.29 is 33.2 Å². The van der Waals surface area contributed by atoms with Gasteiger partial charge in [-0.05, 0) is 24.3 Å². The lowest BCUT2D eigenvalue weighted by Gasteiger charge is -2.17. The van der Waals surface area contributed by atoms with E-state index in [0.717, 1.165) is 11.1 Å². The molecule has 27 heavy (non-hydrogen) atoms. The normalized spacial score (nSPS) is 10.3. The quantitative estimate of drug-likeness (QED) is 0.627. The van der Waals surface area contributed by atoms with Gasteiger partial charge in [0.25, 0.3) is 0 Å². The van der Waals surface area contributed by atoms with Crippen LogP contribution >= 0.6 is 0 Å². The van der Waals surface area contributed by atoms with Crippen molar-refractivity contribution in [3.05, 3.63) is 35.4 Å². The number of methoxy groups -OCH3 is 6. The van der Waals surface area contributed by atoms with Gasteiger partial charge in [0, 0.05) is 11.1 Å². The predicted octanol–water partition coefficient (Wildman–Crippen LogP) is 3.46. The molecule has 148 valence electrons. The fraction of sp³-hybridized carbons (Fsp3) is 0.400. The Bertz CT molecular complexity index is 695. The predicted molar refractivity (Wildman–Crippen MR) is 101 cm³/mol. The summed E-state index contributed by atoms with van der Waals surface area (Å²) in [7, 11) is 9.46. The second kappa shape index (κ2) is 9.78. The average molecular weight is 378 g/mol. The highest BCUT2D eigenvalue weighted by molar-refractivity contribution is 5.56. The minimum absolute atomic E-state index is 0.320. The van der Waals surface area contributed by atoms with Gasteiger partial charge in [-0.15, -0.1) is 0 Å². The molecule has 0 unspecified atom stereocenters. The van der Waals surface area contributed by atoms with Crippen LogP contribution < -0.4 is 28.4 Å². The molecular weight excluding hydrogens is 352 g/mol.